The van der Waals surface area contributed by atoms with Gasteiger partial charge in [-0.1, -0.05) is 41.1 Å². The van der Waals surface area contributed by atoms with Crippen molar-refractivity contribution in [3.05, 3.63) is 46.4 Å². The third-order valence-corrected chi connectivity index (χ3v) is 5.02. The van der Waals surface area contributed by atoms with E-state index in [-0.39, 0.29) is 24.3 Å². The van der Waals surface area contributed by atoms with Crippen molar-refractivity contribution in [1.29, 1.82) is 0 Å². The molecule has 0 aromatic rings. The monoisotopic (exact) mass is 391 g/mol. The summed E-state index contributed by atoms with van der Waals surface area (Å²) >= 11 is 0. The number of carboxylic acid groups (broad SMARTS) is 1. The van der Waals surface area contributed by atoms with E-state index in [1.54, 1.807) is 6.08 Å². The molecule has 0 unspecified atom stereocenters. The first-order chi connectivity index (χ1) is 13.3. The lowest BCUT2D eigenvalue weighted by atomic mass is 9.88. The Kier molecular flexibility index (Phi) is 11.3. The summed E-state index contributed by atoms with van der Waals surface area (Å²) in [5, 5.41) is 33.0. The minimum atomic E-state index is -0.802. The summed E-state index contributed by atoms with van der Waals surface area (Å²) in [6.07, 6.45) is 12.3. The van der Waals surface area contributed by atoms with Crippen LogP contribution in [-0.2, 0) is 4.79 Å². The van der Waals surface area contributed by atoms with E-state index in [1.165, 1.54) is 5.57 Å². The minimum absolute atomic E-state index is 0.0390. The maximum absolute atomic E-state index is 10.5. The molecule has 156 valence electrons. The van der Waals surface area contributed by atoms with E-state index < -0.39 is 18.2 Å². The number of carboxylic acids is 1. The van der Waals surface area contributed by atoms with Crippen LogP contribution in [0.1, 0.15) is 58.8 Å². The van der Waals surface area contributed by atoms with E-state index >= 15 is 0 Å². The zero-order valence-corrected chi connectivity index (χ0v) is 16.8. The number of azide groups is 1. The summed E-state index contributed by atoms with van der Waals surface area (Å²) < 4.78 is 0. The molecule has 0 spiro atoms. The van der Waals surface area contributed by atoms with Crippen molar-refractivity contribution in [2.45, 2.75) is 77.0 Å². The number of nitrogens with zero attached hydrogens (tertiary/aromatic N) is 3. The Labute approximate surface area is 167 Å². The predicted octanol–water partition coefficient (Wildman–Crippen LogP) is 4.53. The van der Waals surface area contributed by atoms with Gasteiger partial charge in [0.15, 0.2) is 0 Å². The number of aliphatic hydroxyl groups excluding tert-OH is 2. The van der Waals surface area contributed by atoms with Crippen LogP contribution < -0.4 is 0 Å². The lowest BCUT2D eigenvalue weighted by Crippen LogP contribution is -2.19. The molecule has 0 saturated heterocycles. The highest BCUT2D eigenvalue weighted by Gasteiger charge is 2.39. The average molecular weight is 392 g/mol. The first-order valence-electron chi connectivity index (χ1n) is 9.94. The lowest BCUT2D eigenvalue weighted by molar-refractivity contribution is -0.137. The maximum Gasteiger partial charge on any atom is 0.303 e. The highest BCUT2D eigenvalue weighted by molar-refractivity contribution is 5.66. The first-order valence-corrected chi connectivity index (χ1v) is 9.94. The second kappa shape index (κ2) is 13.2. The van der Waals surface area contributed by atoms with Crippen molar-refractivity contribution in [2.24, 2.45) is 17.0 Å². The Bertz CT molecular complexity index is 619. The standard InChI is InChI=1S/C21H33N3O4/c1-15(2)8-7-9-16(25)12-13-18-17(19(23-24-22)14-20(18)26)10-5-3-4-6-11-21(27)28/h3,5,8,12-13,16-20,25-26H,4,6-7,9-11,14H2,1-2H3,(H,27,28)/b5-3-,13-12+/t16-,17+,18+,19-,20+/m0/s1. The topological polar surface area (TPSA) is 127 Å². The molecule has 5 atom stereocenters. The molecule has 3 N–H and O–H groups in total. The Hall–Kier alpha value is -2.08. The fourth-order valence-corrected chi connectivity index (χ4v) is 3.54. The van der Waals surface area contributed by atoms with E-state index in [0.29, 0.717) is 32.1 Å². The van der Waals surface area contributed by atoms with E-state index in [2.05, 4.69) is 16.1 Å². The van der Waals surface area contributed by atoms with Crippen LogP contribution in [0.2, 0.25) is 0 Å². The van der Waals surface area contributed by atoms with Crippen LogP contribution in [0.5, 0.6) is 0 Å². The third-order valence-electron chi connectivity index (χ3n) is 5.02. The molecule has 1 saturated carbocycles. The summed E-state index contributed by atoms with van der Waals surface area (Å²) in [5.41, 5.74) is 10.0. The van der Waals surface area contributed by atoms with Gasteiger partial charge in [0.1, 0.15) is 0 Å². The molecule has 0 bridgehead atoms. The Balaban J connectivity index is 2.67. The molecule has 1 aliphatic carbocycles. The molecular weight excluding hydrogens is 358 g/mol. The summed E-state index contributed by atoms with van der Waals surface area (Å²) in [7, 11) is 0. The van der Waals surface area contributed by atoms with Crippen LogP contribution in [0.15, 0.2) is 41.1 Å². The van der Waals surface area contributed by atoms with Gasteiger partial charge in [0.25, 0.3) is 0 Å². The van der Waals surface area contributed by atoms with Crippen molar-refractivity contribution in [3.8, 4) is 0 Å². The normalized spacial score (nSPS) is 25.7. The molecule has 1 aliphatic rings. The van der Waals surface area contributed by atoms with Gasteiger partial charge in [-0.3, -0.25) is 4.79 Å². The van der Waals surface area contributed by atoms with Crippen LogP contribution >= 0.6 is 0 Å². The summed E-state index contributed by atoms with van der Waals surface area (Å²) in [4.78, 5) is 13.4. The predicted molar refractivity (Wildman–Crippen MR) is 110 cm³/mol. The van der Waals surface area contributed by atoms with Gasteiger partial charge in [0.05, 0.1) is 12.2 Å². The second-order valence-electron chi connectivity index (χ2n) is 7.62. The third kappa shape index (κ3) is 9.22. The van der Waals surface area contributed by atoms with Crippen LogP contribution in [0.25, 0.3) is 10.4 Å². The number of aliphatic carboxylic acids is 1. The molecule has 0 amide bonds. The first kappa shape index (κ1) is 24.0. The van der Waals surface area contributed by atoms with Crippen molar-refractivity contribution >= 4 is 5.97 Å². The molecule has 7 nitrogen and oxygen atoms in total. The molecule has 1 fully saturated rings. The van der Waals surface area contributed by atoms with Gasteiger partial charge >= 0.3 is 5.97 Å². The van der Waals surface area contributed by atoms with Crippen LogP contribution in [0.3, 0.4) is 0 Å². The Morgan fingerprint density at radius 3 is 2.71 bits per heavy atom. The Morgan fingerprint density at radius 1 is 1.32 bits per heavy atom. The van der Waals surface area contributed by atoms with Gasteiger partial charge in [-0.2, -0.15) is 0 Å². The summed E-state index contributed by atoms with van der Waals surface area (Å²) in [6, 6.07) is -0.291. The number of carbonyl (C=O) groups is 1. The molecule has 0 aromatic carbocycles. The van der Waals surface area contributed by atoms with Crippen LogP contribution in [-0.4, -0.2) is 39.5 Å². The van der Waals surface area contributed by atoms with Crippen molar-refractivity contribution in [1.82, 2.24) is 0 Å². The van der Waals surface area contributed by atoms with Crippen molar-refractivity contribution in [3.63, 3.8) is 0 Å². The highest BCUT2D eigenvalue weighted by Crippen LogP contribution is 2.38. The molecule has 28 heavy (non-hydrogen) atoms. The zero-order chi connectivity index (χ0) is 20.9. The van der Waals surface area contributed by atoms with E-state index in [9.17, 15) is 15.0 Å². The molecule has 0 heterocycles. The van der Waals surface area contributed by atoms with Gasteiger partial charge in [-0.05, 0) is 63.8 Å². The fourth-order valence-electron chi connectivity index (χ4n) is 3.54. The molecule has 0 aromatic heterocycles. The molecular formula is C21H33N3O4. The molecule has 1 rings (SSSR count). The Morgan fingerprint density at radius 2 is 2.07 bits per heavy atom. The lowest BCUT2D eigenvalue weighted by Gasteiger charge is -2.20. The van der Waals surface area contributed by atoms with Gasteiger partial charge in [-0.15, -0.1) is 0 Å². The molecule has 7 heteroatoms. The van der Waals surface area contributed by atoms with E-state index in [0.717, 1.165) is 6.42 Å². The maximum atomic E-state index is 10.5. The number of aliphatic hydroxyl groups is 2. The second-order valence-corrected chi connectivity index (χ2v) is 7.62. The molecule has 0 radical (unpaired) electrons. The van der Waals surface area contributed by atoms with Gasteiger partial charge < -0.3 is 15.3 Å². The SMILES string of the molecule is CC(C)=CCC[C@H](O)/C=C/[C@@H]1[C@@H](C/C=C\CCCC(=O)O)[C@@H](N=[N+]=[N-])C[C@H]1O. The highest BCUT2D eigenvalue weighted by atomic mass is 16.4. The van der Waals surface area contributed by atoms with Crippen LogP contribution in [0, 0.1) is 11.8 Å². The van der Waals surface area contributed by atoms with E-state index in [4.69, 9.17) is 10.6 Å². The van der Waals surface area contributed by atoms with Crippen LogP contribution in [0.4, 0.5) is 0 Å². The quantitative estimate of drug-likeness (QED) is 0.148. The van der Waals surface area contributed by atoms with Gasteiger partial charge in [-0.25, -0.2) is 0 Å². The van der Waals surface area contributed by atoms with Crippen molar-refractivity contribution < 1.29 is 20.1 Å². The number of rotatable bonds is 12. The van der Waals surface area contributed by atoms with Gasteiger partial charge in [0, 0.05) is 23.3 Å². The van der Waals surface area contributed by atoms with E-state index in [1.807, 2.05) is 32.1 Å². The minimum Gasteiger partial charge on any atom is -0.481 e. The van der Waals surface area contributed by atoms with Crippen molar-refractivity contribution in [2.75, 3.05) is 0 Å². The largest absolute Gasteiger partial charge is 0.481 e. The van der Waals surface area contributed by atoms with Gasteiger partial charge in [0.2, 0.25) is 0 Å². The number of hydrogen-bond acceptors (Lipinski definition) is 4. The summed E-state index contributed by atoms with van der Waals surface area (Å²) in [6.45, 7) is 4.04. The summed E-state index contributed by atoms with van der Waals surface area (Å²) in [5.74, 6) is -1.02. The smallest absolute Gasteiger partial charge is 0.303 e. The number of hydrogen-bond donors (Lipinski definition) is 3. The fraction of sp³-hybridized carbons (Fsp3) is 0.667. The average Bonchev–Trinajstić information content (AvgIpc) is 2.90. The number of allylic oxidation sites excluding steroid dienone is 4. The molecule has 0 aliphatic heterocycles. The number of unbranched alkanes of at least 4 members (excludes halogenated alkanes) is 1. The zero-order valence-electron chi connectivity index (χ0n) is 16.8.